The van der Waals surface area contributed by atoms with Crippen LogP contribution >= 0.6 is 19.7 Å². The number of halogens is 6. The molecular formula is C10H16F6NO3PS. The third kappa shape index (κ3) is 3.75. The SMILES string of the molecule is CCCOP(=O)(NSCC)OC1CC(F)(F)C(F)(F)C1(F)F. The van der Waals surface area contributed by atoms with Gasteiger partial charge in [0.2, 0.25) is 0 Å². The molecule has 0 spiro atoms. The number of rotatable bonds is 8. The van der Waals surface area contributed by atoms with Crippen molar-refractivity contribution in [2.45, 2.75) is 50.6 Å². The Bertz CT molecular complexity index is 427. The summed E-state index contributed by atoms with van der Waals surface area (Å²) in [4.78, 5) is 0. The molecule has 0 aromatic heterocycles. The Morgan fingerprint density at radius 3 is 2.23 bits per heavy atom. The lowest BCUT2D eigenvalue weighted by Gasteiger charge is -2.27. The summed E-state index contributed by atoms with van der Waals surface area (Å²) in [6.45, 7) is 3.05. The molecule has 1 saturated carbocycles. The van der Waals surface area contributed by atoms with Gasteiger partial charge < -0.3 is 0 Å². The molecule has 2 atom stereocenters. The molecule has 0 aromatic rings. The van der Waals surface area contributed by atoms with Crippen molar-refractivity contribution in [1.29, 1.82) is 0 Å². The van der Waals surface area contributed by atoms with Crippen molar-refractivity contribution in [3.63, 3.8) is 0 Å². The average Bonchev–Trinajstić information content (AvgIpc) is 2.52. The van der Waals surface area contributed by atoms with Gasteiger partial charge in [-0.05, 0) is 6.42 Å². The summed E-state index contributed by atoms with van der Waals surface area (Å²) in [5.41, 5.74) is 0. The van der Waals surface area contributed by atoms with E-state index >= 15 is 0 Å². The predicted molar refractivity (Wildman–Crippen MR) is 69.4 cm³/mol. The van der Waals surface area contributed by atoms with Gasteiger partial charge in [-0.3, -0.25) is 9.05 Å². The van der Waals surface area contributed by atoms with Crippen molar-refractivity contribution in [1.82, 2.24) is 4.49 Å². The van der Waals surface area contributed by atoms with E-state index in [1.54, 1.807) is 13.8 Å². The van der Waals surface area contributed by atoms with Crippen LogP contribution in [0.1, 0.15) is 26.7 Å². The first-order valence-electron chi connectivity index (χ1n) is 6.39. The standard InChI is InChI=1S/C10H16F6NO3PS/c1-3-5-19-21(18,17-22-4-2)20-7-6-8(11,12)10(15,16)9(7,13)14/h7H,3-6H2,1-2H3,(H,17,18). The number of alkyl halides is 6. The molecule has 0 radical (unpaired) electrons. The normalized spacial score (nSPS) is 28.5. The van der Waals surface area contributed by atoms with E-state index in [1.807, 2.05) is 0 Å². The van der Waals surface area contributed by atoms with E-state index < -0.39 is 38.0 Å². The molecule has 0 aliphatic heterocycles. The van der Waals surface area contributed by atoms with Crippen LogP contribution in [0.3, 0.4) is 0 Å². The second kappa shape index (κ2) is 6.88. The lowest BCUT2D eigenvalue weighted by Crippen LogP contribution is -2.49. The molecule has 0 heterocycles. The van der Waals surface area contributed by atoms with Crippen molar-refractivity contribution < 1.29 is 40.0 Å². The molecule has 4 nitrogen and oxygen atoms in total. The summed E-state index contributed by atoms with van der Waals surface area (Å²) >= 11 is 0.766. The third-order valence-corrected chi connectivity index (χ3v) is 5.53. The smallest absolute Gasteiger partial charge is 0.296 e. The largest absolute Gasteiger partial charge is 0.415 e. The van der Waals surface area contributed by atoms with Crippen LogP contribution in [0.25, 0.3) is 0 Å². The summed E-state index contributed by atoms with van der Waals surface area (Å²) in [6, 6.07) is 0. The Labute approximate surface area is 128 Å². The van der Waals surface area contributed by atoms with E-state index in [0.717, 1.165) is 11.9 Å². The number of nitrogens with one attached hydrogen (secondary N) is 1. The Kier molecular flexibility index (Phi) is 6.28. The van der Waals surface area contributed by atoms with E-state index in [1.165, 1.54) is 0 Å². The second-order valence-electron chi connectivity index (χ2n) is 4.55. The predicted octanol–water partition coefficient (Wildman–Crippen LogP) is 4.47. The van der Waals surface area contributed by atoms with Crippen LogP contribution in [0.15, 0.2) is 0 Å². The first-order valence-corrected chi connectivity index (χ1v) is 8.92. The van der Waals surface area contributed by atoms with Gasteiger partial charge in [0, 0.05) is 5.75 Å². The van der Waals surface area contributed by atoms with Crippen LogP contribution in [0.4, 0.5) is 26.3 Å². The molecule has 1 N–H and O–H groups in total. The minimum absolute atomic E-state index is 0.181. The van der Waals surface area contributed by atoms with Gasteiger partial charge in [-0.15, -0.1) is 0 Å². The van der Waals surface area contributed by atoms with Gasteiger partial charge in [0.15, 0.2) is 0 Å². The monoisotopic (exact) mass is 375 g/mol. The van der Waals surface area contributed by atoms with E-state index in [9.17, 15) is 30.9 Å². The summed E-state index contributed by atoms with van der Waals surface area (Å²) in [7, 11) is -4.43. The van der Waals surface area contributed by atoms with Gasteiger partial charge in [-0.1, -0.05) is 25.8 Å². The maximum atomic E-state index is 13.5. The van der Waals surface area contributed by atoms with Crippen molar-refractivity contribution >= 4 is 19.7 Å². The molecule has 2 unspecified atom stereocenters. The van der Waals surface area contributed by atoms with Gasteiger partial charge in [-0.25, -0.2) is 4.57 Å². The molecule has 1 aliphatic rings. The molecule has 132 valence electrons. The van der Waals surface area contributed by atoms with E-state index in [-0.39, 0.29) is 6.61 Å². The minimum atomic E-state index is -5.59. The maximum Gasteiger partial charge on any atom is 0.415 e. The molecule has 1 aliphatic carbocycles. The van der Waals surface area contributed by atoms with Crippen LogP contribution in [-0.2, 0) is 13.6 Å². The van der Waals surface area contributed by atoms with Crippen LogP contribution in [0, 0.1) is 0 Å². The molecule has 0 aromatic carbocycles. The van der Waals surface area contributed by atoms with Crippen molar-refractivity contribution in [2.75, 3.05) is 12.4 Å². The molecule has 0 amide bonds. The fraction of sp³-hybridized carbons (Fsp3) is 1.00. The quantitative estimate of drug-likeness (QED) is 0.385. The highest BCUT2D eigenvalue weighted by Gasteiger charge is 2.81. The molecule has 1 fully saturated rings. The van der Waals surface area contributed by atoms with E-state index in [4.69, 9.17) is 4.52 Å². The lowest BCUT2D eigenvalue weighted by molar-refractivity contribution is -0.279. The van der Waals surface area contributed by atoms with Gasteiger partial charge in [0.05, 0.1) is 13.0 Å². The van der Waals surface area contributed by atoms with Crippen molar-refractivity contribution in [3.05, 3.63) is 0 Å². The van der Waals surface area contributed by atoms with Gasteiger partial charge in [-0.2, -0.15) is 30.8 Å². The fourth-order valence-electron chi connectivity index (χ4n) is 1.64. The first-order chi connectivity index (χ1) is 9.93. The molecule has 1 rings (SSSR count). The van der Waals surface area contributed by atoms with Crippen LogP contribution in [0.2, 0.25) is 0 Å². The number of hydrogen-bond donors (Lipinski definition) is 1. The molecule has 12 heteroatoms. The van der Waals surface area contributed by atoms with Crippen LogP contribution in [-0.4, -0.2) is 36.2 Å². The molecule has 22 heavy (non-hydrogen) atoms. The maximum absolute atomic E-state index is 13.5. The Morgan fingerprint density at radius 1 is 1.23 bits per heavy atom. The van der Waals surface area contributed by atoms with E-state index in [0.29, 0.717) is 12.2 Å². The topological polar surface area (TPSA) is 47.6 Å². The third-order valence-electron chi connectivity index (χ3n) is 2.78. The Morgan fingerprint density at radius 2 is 1.82 bits per heavy atom. The zero-order valence-electron chi connectivity index (χ0n) is 11.8. The number of hydrogen-bond acceptors (Lipinski definition) is 4. The lowest BCUT2D eigenvalue weighted by atomic mass is 10.2. The highest BCUT2D eigenvalue weighted by Crippen LogP contribution is 2.61. The second-order valence-corrected chi connectivity index (χ2v) is 7.62. The molecular weight excluding hydrogens is 359 g/mol. The summed E-state index contributed by atoms with van der Waals surface area (Å²) < 4.78 is 103. The summed E-state index contributed by atoms with van der Waals surface area (Å²) in [5.74, 6) is -15.4. The summed E-state index contributed by atoms with van der Waals surface area (Å²) in [5, 5.41) is 0. The fourth-order valence-corrected chi connectivity index (χ4v) is 4.20. The van der Waals surface area contributed by atoms with Gasteiger partial charge in [0.1, 0.15) is 6.10 Å². The van der Waals surface area contributed by atoms with Crippen LogP contribution in [0.5, 0.6) is 0 Å². The zero-order valence-corrected chi connectivity index (χ0v) is 13.5. The zero-order chi connectivity index (χ0) is 17.2. The van der Waals surface area contributed by atoms with Gasteiger partial charge in [0.25, 0.3) is 0 Å². The summed E-state index contributed by atoms with van der Waals surface area (Å²) in [6.07, 6.45) is -4.55. The average molecular weight is 375 g/mol. The molecule has 0 saturated heterocycles. The van der Waals surface area contributed by atoms with Crippen molar-refractivity contribution in [2.24, 2.45) is 0 Å². The Hall–Kier alpha value is 0.0400. The van der Waals surface area contributed by atoms with Crippen molar-refractivity contribution in [3.8, 4) is 0 Å². The minimum Gasteiger partial charge on any atom is -0.296 e. The molecule has 0 bridgehead atoms. The van der Waals surface area contributed by atoms with E-state index in [2.05, 4.69) is 9.02 Å². The highest BCUT2D eigenvalue weighted by atomic mass is 32.2. The highest BCUT2D eigenvalue weighted by molar-refractivity contribution is 8.01. The Balaban J connectivity index is 2.96. The van der Waals surface area contributed by atoms with Gasteiger partial charge >= 0.3 is 25.5 Å². The van der Waals surface area contributed by atoms with Crippen LogP contribution < -0.4 is 4.49 Å². The first kappa shape index (κ1) is 20.1.